The number of aromatic nitrogens is 1. The van der Waals surface area contributed by atoms with Crippen LogP contribution in [0.4, 0.5) is 0 Å². The largest absolute Gasteiger partial charge is 0.507 e. The maximum Gasteiger partial charge on any atom is 0.312 e. The van der Waals surface area contributed by atoms with E-state index in [-0.39, 0.29) is 23.7 Å². The van der Waals surface area contributed by atoms with Gasteiger partial charge in [-0.05, 0) is 56.9 Å². The molecule has 4 N–H and O–H groups in total. The van der Waals surface area contributed by atoms with E-state index in [1.807, 2.05) is 0 Å². The summed E-state index contributed by atoms with van der Waals surface area (Å²) in [5.74, 6) is -4.09. The zero-order chi connectivity index (χ0) is 29.0. The van der Waals surface area contributed by atoms with Crippen LogP contribution in [0.1, 0.15) is 49.0 Å². The molecule has 1 aliphatic carbocycles. The van der Waals surface area contributed by atoms with Crippen molar-refractivity contribution in [1.82, 2.24) is 20.5 Å². The fraction of sp³-hybridized carbons (Fsp3) is 0.483. The van der Waals surface area contributed by atoms with Gasteiger partial charge in [0.05, 0.1) is 29.7 Å². The molecule has 40 heavy (non-hydrogen) atoms. The van der Waals surface area contributed by atoms with E-state index < -0.39 is 59.9 Å². The first kappa shape index (κ1) is 29.0. The summed E-state index contributed by atoms with van der Waals surface area (Å²) in [4.78, 5) is 59.1. The summed E-state index contributed by atoms with van der Waals surface area (Å²) in [6, 6.07) is 6.33. The van der Waals surface area contributed by atoms with Crippen LogP contribution >= 0.6 is 0 Å². The highest BCUT2D eigenvalue weighted by molar-refractivity contribution is 6.00. The van der Waals surface area contributed by atoms with Crippen molar-refractivity contribution in [1.29, 1.82) is 0 Å². The van der Waals surface area contributed by atoms with Crippen LogP contribution in [0.15, 0.2) is 48.8 Å². The number of carbonyl (C=O) groups is 4. The zero-order valence-electron chi connectivity index (χ0n) is 22.8. The zero-order valence-corrected chi connectivity index (χ0v) is 22.8. The molecule has 0 radical (unpaired) electrons. The van der Waals surface area contributed by atoms with Gasteiger partial charge >= 0.3 is 5.97 Å². The highest BCUT2D eigenvalue weighted by Crippen LogP contribution is 2.33. The van der Waals surface area contributed by atoms with E-state index in [2.05, 4.69) is 15.6 Å². The number of pyridine rings is 1. The Morgan fingerprint density at radius 3 is 2.50 bits per heavy atom. The van der Waals surface area contributed by atoms with Crippen LogP contribution in [0.3, 0.4) is 0 Å². The third-order valence-corrected chi connectivity index (χ3v) is 8.03. The molecule has 2 heterocycles. The number of hydrogen-bond acceptors (Lipinski definition) is 8. The topological polar surface area (TPSA) is 158 Å². The average Bonchev–Trinajstić information content (AvgIpc) is 2.92. The lowest BCUT2D eigenvalue weighted by Crippen LogP contribution is -2.63. The first-order chi connectivity index (χ1) is 19.1. The van der Waals surface area contributed by atoms with Crippen molar-refractivity contribution in [3.63, 3.8) is 0 Å². The van der Waals surface area contributed by atoms with Gasteiger partial charge in [-0.2, -0.15) is 0 Å². The summed E-state index contributed by atoms with van der Waals surface area (Å²) >= 11 is 0. The highest BCUT2D eigenvalue weighted by Gasteiger charge is 2.44. The van der Waals surface area contributed by atoms with E-state index in [1.165, 1.54) is 31.0 Å². The molecule has 1 saturated heterocycles. The maximum absolute atomic E-state index is 13.8. The number of cyclic esters (lactones) is 1. The maximum atomic E-state index is 13.8. The van der Waals surface area contributed by atoms with Gasteiger partial charge in [0.15, 0.2) is 6.10 Å². The number of nitrogens with zero attached hydrogens (tertiary/aromatic N) is 2. The molecule has 2 aliphatic rings. The minimum atomic E-state index is -1.37. The van der Waals surface area contributed by atoms with E-state index in [4.69, 9.17) is 4.74 Å². The summed E-state index contributed by atoms with van der Waals surface area (Å²) in [5, 5.41) is 26.9. The number of carbonyl (C=O) groups excluding carboxylic acids is 4. The first-order valence-electron chi connectivity index (χ1n) is 13.5. The van der Waals surface area contributed by atoms with Crippen molar-refractivity contribution in [2.24, 2.45) is 11.8 Å². The molecule has 2 aromatic rings. The number of likely N-dealkylation sites (N-methyl/N-ethyl adjacent to an activating group) is 1. The number of aliphatic hydroxyl groups excluding tert-OH is 1. The van der Waals surface area contributed by atoms with Gasteiger partial charge in [0.1, 0.15) is 11.8 Å². The number of esters is 1. The van der Waals surface area contributed by atoms with Crippen molar-refractivity contribution in [2.75, 3.05) is 7.05 Å². The number of para-hydroxylation sites is 1. The summed E-state index contributed by atoms with van der Waals surface area (Å²) in [6.07, 6.45) is 3.22. The Bertz CT molecular complexity index is 1240. The predicted molar refractivity (Wildman–Crippen MR) is 144 cm³/mol. The molecule has 11 nitrogen and oxygen atoms in total. The number of ether oxygens (including phenoxy) is 1. The fourth-order valence-corrected chi connectivity index (χ4v) is 5.03. The van der Waals surface area contributed by atoms with Crippen LogP contribution < -0.4 is 10.6 Å². The fourth-order valence-electron chi connectivity index (χ4n) is 5.03. The SMILES string of the molecule is C[C@@H]1[C@H](NC(=O)c2ccccc2O)C(=O)N[C@@H](Cc2cccnc2)[C@@H](O)[C@@H](C)C(=O)OC(C2CCC2)C(=O)N1C. The van der Waals surface area contributed by atoms with E-state index >= 15 is 0 Å². The number of rotatable bonds is 5. The number of hydrogen-bond donors (Lipinski definition) is 4. The van der Waals surface area contributed by atoms with Crippen LogP contribution in [-0.2, 0) is 25.5 Å². The second kappa shape index (κ2) is 12.5. The lowest BCUT2D eigenvalue weighted by Gasteiger charge is -2.40. The van der Waals surface area contributed by atoms with Crippen LogP contribution in [0.5, 0.6) is 5.75 Å². The highest BCUT2D eigenvalue weighted by atomic mass is 16.6. The lowest BCUT2D eigenvalue weighted by molar-refractivity contribution is -0.173. The molecule has 2 fully saturated rings. The minimum absolute atomic E-state index is 0.0376. The standard InChI is InChI=1S/C29H36N4O7/c1-16-24(35)21(14-18-8-7-13-30-15-18)31-27(37)23(32-26(36)20-11-4-5-12-22(20)34)17(2)33(3)28(38)25(40-29(16)39)19-9-6-10-19/h4-5,7-8,11-13,15-17,19,21,23-25,34-35H,6,9-10,14H2,1-3H3,(H,31,37)(H,32,36)/t16-,17-,21+,23+,24+,25?/m1/s1. The van der Waals surface area contributed by atoms with Crippen LogP contribution in [0.2, 0.25) is 0 Å². The molecule has 214 valence electrons. The molecule has 0 spiro atoms. The van der Waals surface area contributed by atoms with Crippen LogP contribution in [0, 0.1) is 11.8 Å². The third-order valence-electron chi connectivity index (χ3n) is 8.03. The first-order valence-corrected chi connectivity index (χ1v) is 13.5. The Morgan fingerprint density at radius 1 is 1.15 bits per heavy atom. The summed E-state index contributed by atoms with van der Waals surface area (Å²) in [6.45, 7) is 3.10. The second-order valence-corrected chi connectivity index (χ2v) is 10.7. The number of phenols is 1. The molecule has 1 aliphatic heterocycles. The van der Waals surface area contributed by atoms with Gasteiger partial charge < -0.3 is 30.5 Å². The minimum Gasteiger partial charge on any atom is -0.507 e. The molecule has 0 bridgehead atoms. The summed E-state index contributed by atoms with van der Waals surface area (Å²) in [5.41, 5.74) is 0.673. The molecular formula is C29H36N4O7. The molecule has 1 saturated carbocycles. The number of benzene rings is 1. The normalized spacial score (nSPS) is 28.4. The molecule has 6 atom stereocenters. The Labute approximate surface area is 232 Å². The summed E-state index contributed by atoms with van der Waals surface area (Å²) in [7, 11) is 1.50. The molecule has 1 unspecified atom stereocenters. The van der Waals surface area contributed by atoms with E-state index in [1.54, 1.807) is 43.6 Å². The average molecular weight is 553 g/mol. The number of amides is 3. The smallest absolute Gasteiger partial charge is 0.312 e. The molecule has 11 heteroatoms. The van der Waals surface area contributed by atoms with Crippen molar-refractivity contribution in [3.8, 4) is 5.75 Å². The quantitative estimate of drug-likeness (QED) is 0.403. The Kier molecular flexibility index (Phi) is 9.03. The van der Waals surface area contributed by atoms with Gasteiger partial charge in [-0.25, -0.2) is 0 Å². The third kappa shape index (κ3) is 6.25. The molecular weight excluding hydrogens is 516 g/mol. The Balaban J connectivity index is 1.71. The number of aliphatic hydroxyl groups is 1. The molecule has 4 rings (SSSR count). The molecule has 1 aromatic carbocycles. The van der Waals surface area contributed by atoms with Gasteiger partial charge in [0.2, 0.25) is 5.91 Å². The summed E-state index contributed by atoms with van der Waals surface area (Å²) < 4.78 is 5.73. The van der Waals surface area contributed by atoms with E-state index in [9.17, 15) is 29.4 Å². The number of nitrogens with one attached hydrogen (secondary N) is 2. The van der Waals surface area contributed by atoms with Crippen LogP contribution in [0.25, 0.3) is 0 Å². The van der Waals surface area contributed by atoms with Crippen molar-refractivity contribution in [2.45, 2.75) is 69.9 Å². The van der Waals surface area contributed by atoms with Crippen molar-refractivity contribution < 1.29 is 34.1 Å². The van der Waals surface area contributed by atoms with E-state index in [0.717, 1.165) is 6.42 Å². The predicted octanol–water partition coefficient (Wildman–Crippen LogP) is 1.18. The van der Waals surface area contributed by atoms with Gasteiger partial charge in [-0.1, -0.05) is 24.6 Å². The van der Waals surface area contributed by atoms with Crippen molar-refractivity contribution in [3.05, 3.63) is 59.9 Å². The molecule has 1 aromatic heterocycles. The molecule has 3 amide bonds. The number of aromatic hydroxyl groups is 1. The van der Waals surface area contributed by atoms with Gasteiger partial charge in [-0.15, -0.1) is 0 Å². The van der Waals surface area contributed by atoms with Gasteiger partial charge in [0.25, 0.3) is 11.8 Å². The lowest BCUT2D eigenvalue weighted by atomic mass is 9.80. The van der Waals surface area contributed by atoms with Crippen LogP contribution in [-0.4, -0.2) is 81.2 Å². The number of phenolic OH excluding ortho intramolecular Hbond substituents is 1. The van der Waals surface area contributed by atoms with E-state index in [0.29, 0.717) is 18.4 Å². The Morgan fingerprint density at radius 2 is 1.88 bits per heavy atom. The monoisotopic (exact) mass is 552 g/mol. The Hall–Kier alpha value is -3.99. The second-order valence-electron chi connectivity index (χ2n) is 10.7. The van der Waals surface area contributed by atoms with Gasteiger partial charge in [-0.3, -0.25) is 24.2 Å². The van der Waals surface area contributed by atoms with Gasteiger partial charge in [0, 0.05) is 25.4 Å². The van der Waals surface area contributed by atoms with Crippen molar-refractivity contribution >= 4 is 23.7 Å².